The number of ether oxygens (including phenoxy) is 1. The highest BCUT2D eigenvalue weighted by molar-refractivity contribution is 7.99. The Morgan fingerprint density at radius 3 is 2.41 bits per heavy atom. The summed E-state index contributed by atoms with van der Waals surface area (Å²) in [6.45, 7) is 9.38. The van der Waals surface area contributed by atoms with E-state index in [1.807, 2.05) is 13.0 Å². The monoisotopic (exact) mass is 459 g/mol. The molecular formula is C23H29N3O5S. The number of carbonyl (C=O) groups excluding carboxylic acids is 2. The van der Waals surface area contributed by atoms with Gasteiger partial charge >= 0.3 is 0 Å². The Bertz CT molecular complexity index is 930. The van der Waals surface area contributed by atoms with Crippen LogP contribution in [-0.2, 0) is 9.53 Å². The number of rotatable bonds is 7. The maximum Gasteiger partial charge on any atom is 0.293 e. The third-order valence-corrected chi connectivity index (χ3v) is 5.82. The summed E-state index contributed by atoms with van der Waals surface area (Å²) in [4.78, 5) is 37.6. The molecule has 0 N–H and O–H groups in total. The van der Waals surface area contributed by atoms with Crippen LogP contribution in [0.2, 0.25) is 0 Å². The van der Waals surface area contributed by atoms with Gasteiger partial charge in [0.05, 0.1) is 16.4 Å². The molecule has 2 aromatic carbocycles. The zero-order valence-corrected chi connectivity index (χ0v) is 19.5. The van der Waals surface area contributed by atoms with E-state index in [2.05, 4.69) is 34.8 Å². The fraction of sp³-hybridized carbons (Fsp3) is 0.391. The van der Waals surface area contributed by atoms with Gasteiger partial charge in [-0.1, -0.05) is 19.1 Å². The van der Waals surface area contributed by atoms with E-state index in [9.17, 15) is 19.7 Å². The standard InChI is InChI=1S/C20H23N3O3S.C3H6O2/c1-3-27-19-8-7-16(14-18(19)23(25)26)20(24)22-11-9-21(10-12-22)17-6-4-5-15(2)13-17;1-2-5-3-4/h4-8,13-14H,3,9-12H2,1-2H3;3H,2H2,1H3. The highest BCUT2D eigenvalue weighted by Gasteiger charge is 2.24. The zero-order chi connectivity index (χ0) is 23.5. The molecule has 8 nitrogen and oxygen atoms in total. The lowest BCUT2D eigenvalue weighted by molar-refractivity contribution is -0.387. The highest BCUT2D eigenvalue weighted by Crippen LogP contribution is 2.30. The fourth-order valence-electron chi connectivity index (χ4n) is 3.31. The maximum atomic E-state index is 12.8. The summed E-state index contributed by atoms with van der Waals surface area (Å²) in [5.74, 6) is 0.602. The minimum Gasteiger partial charge on any atom is -0.468 e. The number of carbonyl (C=O) groups is 2. The molecule has 1 aliphatic heterocycles. The van der Waals surface area contributed by atoms with Crippen LogP contribution in [0.4, 0.5) is 11.4 Å². The van der Waals surface area contributed by atoms with E-state index < -0.39 is 4.92 Å². The zero-order valence-electron chi connectivity index (χ0n) is 18.7. The van der Waals surface area contributed by atoms with Crippen molar-refractivity contribution in [3.8, 4) is 0 Å². The lowest BCUT2D eigenvalue weighted by Crippen LogP contribution is -2.48. The molecule has 0 atom stereocenters. The molecule has 1 fully saturated rings. The van der Waals surface area contributed by atoms with Gasteiger partial charge in [0.1, 0.15) is 0 Å². The molecule has 172 valence electrons. The average Bonchev–Trinajstić information content (AvgIpc) is 2.80. The third kappa shape index (κ3) is 6.98. The predicted molar refractivity (Wildman–Crippen MR) is 126 cm³/mol. The first-order valence-corrected chi connectivity index (χ1v) is 11.5. The minimum absolute atomic E-state index is 0.00565. The average molecular weight is 460 g/mol. The third-order valence-electron chi connectivity index (χ3n) is 4.87. The van der Waals surface area contributed by atoms with E-state index in [1.165, 1.54) is 29.1 Å². The largest absolute Gasteiger partial charge is 0.468 e. The van der Waals surface area contributed by atoms with Crippen LogP contribution in [0.25, 0.3) is 0 Å². The van der Waals surface area contributed by atoms with Gasteiger partial charge < -0.3 is 14.5 Å². The molecule has 0 spiro atoms. The quantitative estimate of drug-likeness (QED) is 0.266. The molecule has 9 heteroatoms. The smallest absolute Gasteiger partial charge is 0.293 e. The van der Waals surface area contributed by atoms with E-state index in [1.54, 1.807) is 24.0 Å². The number of piperazine rings is 1. The number of nitro benzene ring substituents is 1. The number of hydrogen-bond donors (Lipinski definition) is 0. The van der Waals surface area contributed by atoms with Crippen LogP contribution >= 0.6 is 11.8 Å². The molecule has 0 bridgehead atoms. The van der Waals surface area contributed by atoms with E-state index in [0.717, 1.165) is 18.8 Å². The highest BCUT2D eigenvalue weighted by atomic mass is 32.2. The topological polar surface area (TPSA) is 93.0 Å². The Morgan fingerprint density at radius 1 is 1.16 bits per heavy atom. The molecule has 0 aromatic heterocycles. The summed E-state index contributed by atoms with van der Waals surface area (Å²) >= 11 is 1.41. The van der Waals surface area contributed by atoms with Crippen molar-refractivity contribution in [2.24, 2.45) is 0 Å². The van der Waals surface area contributed by atoms with Gasteiger partial charge in [0.25, 0.3) is 18.1 Å². The van der Waals surface area contributed by atoms with Crippen LogP contribution in [0.1, 0.15) is 29.8 Å². The summed E-state index contributed by atoms with van der Waals surface area (Å²) < 4.78 is 4.15. The van der Waals surface area contributed by atoms with Gasteiger partial charge in [0.2, 0.25) is 0 Å². The van der Waals surface area contributed by atoms with Crippen molar-refractivity contribution < 1.29 is 19.2 Å². The predicted octanol–water partition coefficient (Wildman–Crippen LogP) is 4.16. The van der Waals surface area contributed by atoms with Gasteiger partial charge in [-0.25, -0.2) is 0 Å². The van der Waals surface area contributed by atoms with Gasteiger partial charge in [-0.15, -0.1) is 11.8 Å². The Hall–Kier alpha value is -3.07. The van der Waals surface area contributed by atoms with Crippen LogP contribution in [0.5, 0.6) is 0 Å². The fourth-order valence-corrected chi connectivity index (χ4v) is 4.07. The Morgan fingerprint density at radius 2 is 1.88 bits per heavy atom. The molecule has 0 radical (unpaired) electrons. The molecule has 1 heterocycles. The van der Waals surface area contributed by atoms with Crippen LogP contribution in [0.3, 0.4) is 0 Å². The number of amides is 1. The molecule has 3 rings (SSSR count). The number of benzene rings is 2. The van der Waals surface area contributed by atoms with Crippen molar-refractivity contribution in [2.75, 3.05) is 43.4 Å². The van der Waals surface area contributed by atoms with E-state index >= 15 is 0 Å². The van der Waals surface area contributed by atoms with Gasteiger partial charge in [-0.05, 0) is 49.4 Å². The van der Waals surface area contributed by atoms with Gasteiger partial charge in [0, 0.05) is 43.5 Å². The van der Waals surface area contributed by atoms with Gasteiger partial charge in [-0.2, -0.15) is 0 Å². The van der Waals surface area contributed by atoms with Crippen molar-refractivity contribution in [3.63, 3.8) is 0 Å². The van der Waals surface area contributed by atoms with Crippen LogP contribution in [0, 0.1) is 17.0 Å². The summed E-state index contributed by atoms with van der Waals surface area (Å²) in [7, 11) is 0. The van der Waals surface area contributed by atoms with Crippen LogP contribution < -0.4 is 4.90 Å². The lowest BCUT2D eigenvalue weighted by Gasteiger charge is -2.36. The number of hydrogen-bond acceptors (Lipinski definition) is 7. The van der Waals surface area contributed by atoms with E-state index in [-0.39, 0.29) is 11.6 Å². The maximum absolute atomic E-state index is 12.8. The normalized spacial score (nSPS) is 13.1. The summed E-state index contributed by atoms with van der Waals surface area (Å²) in [5.41, 5.74) is 2.76. The van der Waals surface area contributed by atoms with Crippen LogP contribution in [0.15, 0.2) is 47.4 Å². The number of nitro groups is 1. The Kier molecular flexibility index (Phi) is 10.0. The van der Waals surface area contributed by atoms with Gasteiger partial charge in [-0.3, -0.25) is 19.7 Å². The second-order valence-corrected chi connectivity index (χ2v) is 8.35. The van der Waals surface area contributed by atoms with E-state index in [4.69, 9.17) is 0 Å². The van der Waals surface area contributed by atoms with Crippen molar-refractivity contribution in [2.45, 2.75) is 25.7 Å². The molecular weight excluding hydrogens is 430 g/mol. The Labute approximate surface area is 192 Å². The molecule has 0 saturated carbocycles. The van der Waals surface area contributed by atoms with Crippen molar-refractivity contribution in [1.29, 1.82) is 0 Å². The summed E-state index contributed by atoms with van der Waals surface area (Å²) in [6, 6.07) is 13.1. The number of anilines is 1. The second-order valence-electron chi connectivity index (χ2n) is 7.04. The molecule has 0 unspecified atom stereocenters. The number of thioether (sulfide) groups is 1. The van der Waals surface area contributed by atoms with E-state index in [0.29, 0.717) is 36.6 Å². The molecule has 1 saturated heterocycles. The first-order chi connectivity index (χ1) is 15.4. The minimum atomic E-state index is -0.412. The molecule has 2 aromatic rings. The molecule has 1 amide bonds. The van der Waals surface area contributed by atoms with Crippen molar-refractivity contribution in [1.82, 2.24) is 4.90 Å². The first-order valence-electron chi connectivity index (χ1n) is 10.5. The molecule has 32 heavy (non-hydrogen) atoms. The first kappa shape index (κ1) is 25.2. The van der Waals surface area contributed by atoms with Crippen molar-refractivity contribution in [3.05, 3.63) is 63.7 Å². The number of nitrogens with zero attached hydrogens (tertiary/aromatic N) is 3. The summed E-state index contributed by atoms with van der Waals surface area (Å²) in [6.07, 6.45) is 0. The molecule has 0 aliphatic carbocycles. The summed E-state index contributed by atoms with van der Waals surface area (Å²) in [5, 5.41) is 11.3. The molecule has 1 aliphatic rings. The Balaban J connectivity index is 0.000000654. The lowest BCUT2D eigenvalue weighted by atomic mass is 10.1. The number of aryl methyl sites for hydroxylation is 1. The van der Waals surface area contributed by atoms with Crippen molar-refractivity contribution >= 4 is 35.5 Å². The van der Waals surface area contributed by atoms with Gasteiger partial charge in [0.15, 0.2) is 0 Å². The SMILES string of the molecule is CCOC=O.CCSc1ccc(C(=O)N2CCN(c3cccc(C)c3)CC2)cc1[N+](=O)[O-]. The van der Waals surface area contributed by atoms with Crippen LogP contribution in [-0.4, -0.2) is 60.7 Å². The second kappa shape index (κ2) is 12.7.